The zero-order valence-electron chi connectivity index (χ0n) is 18.4. The Morgan fingerprint density at radius 1 is 0.971 bits per heavy atom. The predicted molar refractivity (Wildman–Crippen MR) is 126 cm³/mol. The van der Waals surface area contributed by atoms with Crippen LogP contribution >= 0.6 is 0 Å². The Morgan fingerprint density at radius 3 is 2.41 bits per heavy atom. The topological polar surface area (TPSA) is 103 Å². The van der Waals surface area contributed by atoms with Crippen LogP contribution < -0.4 is 10.2 Å². The first-order valence-electron chi connectivity index (χ1n) is 10.4. The molecule has 0 saturated heterocycles. The number of ether oxygens (including phenoxy) is 2. The number of pyridine rings is 1. The number of carbonyl (C=O) groups is 3. The van der Waals surface area contributed by atoms with Crippen molar-refractivity contribution in [2.24, 2.45) is 0 Å². The summed E-state index contributed by atoms with van der Waals surface area (Å²) in [4.78, 5) is 42.7. The molecule has 2 aromatic heterocycles. The molecule has 1 N–H and O–H groups in total. The van der Waals surface area contributed by atoms with Gasteiger partial charge in [0.1, 0.15) is 5.65 Å². The number of anilines is 2. The number of para-hydroxylation sites is 1. The van der Waals surface area contributed by atoms with Gasteiger partial charge in [-0.3, -0.25) is 9.69 Å². The highest BCUT2D eigenvalue weighted by Gasteiger charge is 2.37. The molecule has 0 radical (unpaired) electrons. The van der Waals surface area contributed by atoms with Gasteiger partial charge in [-0.05, 0) is 35.4 Å². The lowest BCUT2D eigenvalue weighted by molar-refractivity contribution is -0.105. The van der Waals surface area contributed by atoms with Gasteiger partial charge in [-0.15, -0.1) is 0 Å². The van der Waals surface area contributed by atoms with Crippen molar-refractivity contribution in [2.45, 2.75) is 6.04 Å². The van der Waals surface area contributed by atoms with Gasteiger partial charge in [0.2, 0.25) is 6.41 Å². The molecule has 0 spiro atoms. The Bertz CT molecular complexity index is 1430. The van der Waals surface area contributed by atoms with E-state index in [9.17, 15) is 14.4 Å². The van der Waals surface area contributed by atoms with Crippen LogP contribution in [0.15, 0.2) is 67.0 Å². The standard InChI is InChI=1S/C25H20N4O5/c1-33-24(31)28-13-19-21-18(11-12-26-23(21)28)17-5-3-4-6-20(17)29(25(32)34-2)22(19)15-7-9-16(10-8-15)27-14-30/h3-14,22H,1-2H3,(H,27,30). The van der Waals surface area contributed by atoms with Gasteiger partial charge in [-0.1, -0.05) is 30.3 Å². The van der Waals surface area contributed by atoms with Gasteiger partial charge in [-0.2, -0.15) is 0 Å². The fourth-order valence-corrected chi connectivity index (χ4v) is 4.50. The first kappa shape index (κ1) is 21.2. The summed E-state index contributed by atoms with van der Waals surface area (Å²) in [6.45, 7) is 0. The fourth-order valence-electron chi connectivity index (χ4n) is 4.50. The van der Waals surface area contributed by atoms with Crippen LogP contribution in [0.2, 0.25) is 0 Å². The fraction of sp³-hybridized carbons (Fsp3) is 0.120. The molecule has 5 rings (SSSR count). The molecule has 3 heterocycles. The predicted octanol–water partition coefficient (Wildman–Crippen LogP) is 4.56. The van der Waals surface area contributed by atoms with Crippen LogP contribution in [-0.2, 0) is 14.3 Å². The van der Waals surface area contributed by atoms with Gasteiger partial charge >= 0.3 is 12.2 Å². The lowest BCUT2D eigenvalue weighted by Gasteiger charge is -2.31. The molecule has 0 bridgehead atoms. The van der Waals surface area contributed by atoms with Crippen molar-refractivity contribution >= 4 is 41.0 Å². The van der Waals surface area contributed by atoms with Crippen LogP contribution in [0.25, 0.3) is 22.2 Å². The first-order chi connectivity index (χ1) is 16.6. The van der Waals surface area contributed by atoms with E-state index in [1.165, 1.54) is 18.8 Å². The third-order valence-corrected chi connectivity index (χ3v) is 5.92. The zero-order valence-corrected chi connectivity index (χ0v) is 18.4. The summed E-state index contributed by atoms with van der Waals surface area (Å²) in [6.07, 6.45) is 2.72. The number of nitrogens with one attached hydrogen (secondary N) is 1. The molecular weight excluding hydrogens is 436 g/mol. The van der Waals surface area contributed by atoms with Gasteiger partial charge in [0.25, 0.3) is 0 Å². The molecule has 1 aliphatic rings. The molecule has 1 aliphatic heterocycles. The average Bonchev–Trinajstić information content (AvgIpc) is 3.21. The highest BCUT2D eigenvalue weighted by molar-refractivity contribution is 6.07. The minimum absolute atomic E-state index is 0.421. The smallest absolute Gasteiger partial charge is 0.419 e. The van der Waals surface area contributed by atoms with E-state index in [0.29, 0.717) is 29.0 Å². The molecule has 0 saturated carbocycles. The summed E-state index contributed by atoms with van der Waals surface area (Å²) in [5.41, 5.74) is 4.74. The van der Waals surface area contributed by atoms with E-state index in [2.05, 4.69) is 10.3 Å². The number of methoxy groups -OCH3 is 2. The zero-order chi connectivity index (χ0) is 23.8. The molecule has 1 unspecified atom stereocenters. The van der Waals surface area contributed by atoms with Crippen molar-refractivity contribution in [3.05, 3.63) is 78.1 Å². The van der Waals surface area contributed by atoms with E-state index >= 15 is 0 Å². The van der Waals surface area contributed by atoms with Crippen molar-refractivity contribution in [1.29, 1.82) is 0 Å². The molecule has 2 aromatic carbocycles. The van der Waals surface area contributed by atoms with Crippen molar-refractivity contribution in [3.8, 4) is 11.1 Å². The maximum Gasteiger partial charge on any atom is 0.419 e. The maximum atomic E-state index is 13.2. The molecule has 2 amide bonds. The summed E-state index contributed by atoms with van der Waals surface area (Å²) in [6, 6.07) is 15.8. The lowest BCUT2D eigenvalue weighted by atomic mass is 9.96. The second kappa shape index (κ2) is 8.36. The number of fused-ring (bicyclic) bond motifs is 2. The van der Waals surface area contributed by atoms with E-state index in [1.807, 2.05) is 42.5 Å². The lowest BCUT2D eigenvalue weighted by Crippen LogP contribution is -2.35. The van der Waals surface area contributed by atoms with Crippen LogP contribution in [0.5, 0.6) is 0 Å². The largest absolute Gasteiger partial charge is 0.452 e. The van der Waals surface area contributed by atoms with Crippen LogP contribution in [0.1, 0.15) is 17.2 Å². The van der Waals surface area contributed by atoms with E-state index in [-0.39, 0.29) is 0 Å². The molecule has 0 fully saturated rings. The second-order valence-electron chi connectivity index (χ2n) is 7.63. The summed E-state index contributed by atoms with van der Waals surface area (Å²) in [5, 5.41) is 3.34. The van der Waals surface area contributed by atoms with E-state index in [4.69, 9.17) is 9.47 Å². The van der Waals surface area contributed by atoms with E-state index in [1.54, 1.807) is 29.4 Å². The van der Waals surface area contributed by atoms with Crippen LogP contribution in [0.4, 0.5) is 21.0 Å². The number of carbonyl (C=O) groups excluding carboxylic acids is 3. The van der Waals surface area contributed by atoms with Gasteiger partial charge in [0.15, 0.2) is 0 Å². The molecule has 9 heteroatoms. The Labute approximate surface area is 194 Å². The molecule has 34 heavy (non-hydrogen) atoms. The number of nitrogens with zero attached hydrogens (tertiary/aromatic N) is 3. The van der Waals surface area contributed by atoms with Gasteiger partial charge in [0.05, 0.1) is 25.9 Å². The monoisotopic (exact) mass is 456 g/mol. The number of aromatic nitrogens is 2. The molecule has 4 aromatic rings. The quantitative estimate of drug-likeness (QED) is 0.453. The summed E-state index contributed by atoms with van der Waals surface area (Å²) in [5.74, 6) is 0. The van der Waals surface area contributed by atoms with Gasteiger partial charge < -0.3 is 14.8 Å². The van der Waals surface area contributed by atoms with Crippen molar-refractivity contribution in [3.63, 3.8) is 0 Å². The van der Waals surface area contributed by atoms with Crippen LogP contribution in [-0.4, -0.2) is 42.4 Å². The number of hydrogen-bond acceptors (Lipinski definition) is 6. The molecular formula is C25H20N4O5. The number of hydrogen-bond donors (Lipinski definition) is 1. The summed E-state index contributed by atoms with van der Waals surface area (Å²) < 4.78 is 11.5. The summed E-state index contributed by atoms with van der Waals surface area (Å²) in [7, 11) is 2.63. The van der Waals surface area contributed by atoms with Crippen LogP contribution in [0.3, 0.4) is 0 Å². The maximum absolute atomic E-state index is 13.2. The third-order valence-electron chi connectivity index (χ3n) is 5.92. The Kier molecular flexibility index (Phi) is 5.21. The van der Waals surface area contributed by atoms with Gasteiger partial charge in [0, 0.05) is 34.6 Å². The minimum Gasteiger partial charge on any atom is -0.452 e. The highest BCUT2D eigenvalue weighted by atomic mass is 16.5. The Hall–Kier alpha value is -4.66. The van der Waals surface area contributed by atoms with E-state index in [0.717, 1.165) is 22.1 Å². The minimum atomic E-state index is -0.655. The average molecular weight is 456 g/mol. The number of rotatable bonds is 3. The molecule has 1 atom stereocenters. The van der Waals surface area contributed by atoms with Crippen molar-refractivity contribution in [2.75, 3.05) is 24.4 Å². The third kappa shape index (κ3) is 3.17. The number of amides is 2. The Balaban J connectivity index is 1.88. The van der Waals surface area contributed by atoms with Crippen molar-refractivity contribution in [1.82, 2.24) is 9.55 Å². The van der Waals surface area contributed by atoms with Crippen molar-refractivity contribution < 1.29 is 23.9 Å². The first-order valence-corrected chi connectivity index (χ1v) is 10.4. The normalized spacial score (nSPS) is 14.2. The Morgan fingerprint density at radius 2 is 1.71 bits per heavy atom. The molecule has 9 nitrogen and oxygen atoms in total. The van der Waals surface area contributed by atoms with Crippen LogP contribution in [0, 0.1) is 0 Å². The van der Waals surface area contributed by atoms with Gasteiger partial charge in [-0.25, -0.2) is 19.1 Å². The molecule has 0 aliphatic carbocycles. The second-order valence-corrected chi connectivity index (χ2v) is 7.63. The molecule has 170 valence electrons. The number of benzene rings is 2. The SMILES string of the molecule is COC(=O)N1c2ccccc2-c2ccnc3c2c(cn3C(=O)OC)C1c1ccc(NC=O)cc1. The summed E-state index contributed by atoms with van der Waals surface area (Å²) >= 11 is 0. The highest BCUT2D eigenvalue weighted by Crippen LogP contribution is 2.48. The van der Waals surface area contributed by atoms with E-state index < -0.39 is 18.2 Å².